The van der Waals surface area contributed by atoms with E-state index in [-0.39, 0.29) is 30.0 Å². The molecule has 34 heavy (non-hydrogen) atoms. The largest absolute Gasteiger partial charge is 0.496 e. The number of nitrogens with one attached hydrogen (secondary N) is 2. The number of benzene rings is 2. The van der Waals surface area contributed by atoms with Gasteiger partial charge in [-0.15, -0.1) is 0 Å². The highest BCUT2D eigenvalue weighted by atomic mass is 16.5. The number of rotatable bonds is 8. The SMILES string of the molecule is COc1cccc(OC)c1C(=O)NN1C[C@H](C(=O)OCC(=O)Nc2cc(C)cc(C)c2)CC1=O. The lowest BCUT2D eigenvalue weighted by molar-refractivity contribution is -0.151. The van der Waals surface area contributed by atoms with Crippen LogP contribution in [0.5, 0.6) is 11.5 Å². The van der Waals surface area contributed by atoms with Crippen molar-refractivity contribution in [3.63, 3.8) is 0 Å². The molecule has 1 fully saturated rings. The lowest BCUT2D eigenvalue weighted by Crippen LogP contribution is -2.43. The first kappa shape index (κ1) is 24.6. The van der Waals surface area contributed by atoms with Gasteiger partial charge < -0.3 is 19.5 Å². The van der Waals surface area contributed by atoms with E-state index in [2.05, 4.69) is 10.7 Å². The van der Waals surface area contributed by atoms with Crippen molar-refractivity contribution in [2.24, 2.45) is 5.92 Å². The van der Waals surface area contributed by atoms with Gasteiger partial charge in [-0.05, 0) is 49.2 Å². The quantitative estimate of drug-likeness (QED) is 0.567. The average Bonchev–Trinajstić information content (AvgIpc) is 3.16. The number of hydrogen-bond acceptors (Lipinski definition) is 7. The second-order valence-corrected chi connectivity index (χ2v) is 7.92. The molecule has 0 saturated carbocycles. The van der Waals surface area contributed by atoms with Crippen LogP contribution in [0.15, 0.2) is 36.4 Å². The molecule has 3 rings (SSSR count). The minimum Gasteiger partial charge on any atom is -0.496 e. The summed E-state index contributed by atoms with van der Waals surface area (Å²) >= 11 is 0. The predicted octanol–water partition coefficient (Wildman–Crippen LogP) is 2.00. The number of anilines is 1. The standard InChI is InChI=1S/C24H27N3O7/c1-14-8-15(2)10-17(9-14)25-20(28)13-34-24(31)16-11-21(29)27(12-16)26-23(30)22-18(32-3)6-5-7-19(22)33-4/h5-10,16H,11-13H2,1-4H3,(H,25,28)(H,26,30)/t16-/m1/s1. The van der Waals surface area contributed by atoms with Gasteiger partial charge in [0.05, 0.1) is 26.7 Å². The fraction of sp³-hybridized carbons (Fsp3) is 0.333. The molecule has 3 amide bonds. The number of methoxy groups -OCH3 is 2. The van der Waals surface area contributed by atoms with Crippen LogP contribution in [0.2, 0.25) is 0 Å². The van der Waals surface area contributed by atoms with Crippen molar-refractivity contribution in [2.45, 2.75) is 20.3 Å². The summed E-state index contributed by atoms with van der Waals surface area (Å²) in [6, 6.07) is 10.4. The third kappa shape index (κ3) is 5.83. The zero-order valence-corrected chi connectivity index (χ0v) is 19.5. The molecule has 1 atom stereocenters. The molecule has 10 heteroatoms. The Kier molecular flexibility index (Phi) is 7.72. The van der Waals surface area contributed by atoms with E-state index in [0.29, 0.717) is 5.69 Å². The van der Waals surface area contributed by atoms with Crippen LogP contribution < -0.4 is 20.2 Å². The second kappa shape index (κ2) is 10.7. The Morgan fingerprint density at radius 3 is 2.24 bits per heavy atom. The van der Waals surface area contributed by atoms with Gasteiger partial charge in [-0.2, -0.15) is 0 Å². The molecule has 1 aliphatic rings. The molecule has 10 nitrogen and oxygen atoms in total. The van der Waals surface area contributed by atoms with Gasteiger partial charge in [0.2, 0.25) is 5.91 Å². The van der Waals surface area contributed by atoms with Crippen molar-refractivity contribution >= 4 is 29.4 Å². The summed E-state index contributed by atoms with van der Waals surface area (Å²) in [4.78, 5) is 49.7. The van der Waals surface area contributed by atoms with E-state index in [4.69, 9.17) is 14.2 Å². The lowest BCUT2D eigenvalue weighted by atomic mass is 10.1. The molecule has 0 unspecified atom stereocenters. The van der Waals surface area contributed by atoms with Crippen LogP contribution in [0.4, 0.5) is 5.69 Å². The van der Waals surface area contributed by atoms with Crippen LogP contribution in [-0.4, -0.2) is 56.1 Å². The van der Waals surface area contributed by atoms with Gasteiger partial charge >= 0.3 is 5.97 Å². The highest BCUT2D eigenvalue weighted by Crippen LogP contribution is 2.28. The minimum absolute atomic E-state index is 0.0838. The Morgan fingerprint density at radius 2 is 1.65 bits per heavy atom. The van der Waals surface area contributed by atoms with Crippen molar-refractivity contribution in [1.29, 1.82) is 0 Å². The first-order valence-electron chi connectivity index (χ1n) is 10.6. The number of aryl methyl sites for hydroxylation is 2. The number of carbonyl (C=O) groups excluding carboxylic acids is 4. The Bertz CT molecular complexity index is 1070. The summed E-state index contributed by atoms with van der Waals surface area (Å²) < 4.78 is 15.5. The summed E-state index contributed by atoms with van der Waals surface area (Å²) in [6.07, 6.45) is -0.152. The van der Waals surface area contributed by atoms with E-state index < -0.39 is 36.2 Å². The number of amides is 3. The molecule has 180 valence electrons. The van der Waals surface area contributed by atoms with Crippen LogP contribution in [0.1, 0.15) is 27.9 Å². The fourth-order valence-electron chi connectivity index (χ4n) is 3.73. The molecule has 2 N–H and O–H groups in total. The zero-order chi connectivity index (χ0) is 24.8. The number of ether oxygens (including phenoxy) is 3. The van der Waals surface area contributed by atoms with E-state index >= 15 is 0 Å². The van der Waals surface area contributed by atoms with Crippen molar-refractivity contribution in [3.8, 4) is 11.5 Å². The van der Waals surface area contributed by atoms with Crippen LogP contribution in [0.3, 0.4) is 0 Å². The third-order valence-corrected chi connectivity index (χ3v) is 5.20. The molecule has 0 bridgehead atoms. The van der Waals surface area contributed by atoms with Crippen molar-refractivity contribution in [3.05, 3.63) is 53.1 Å². The van der Waals surface area contributed by atoms with Crippen LogP contribution in [-0.2, 0) is 19.1 Å². The number of hydrazine groups is 1. The summed E-state index contributed by atoms with van der Waals surface area (Å²) in [7, 11) is 2.82. The van der Waals surface area contributed by atoms with Crippen LogP contribution in [0, 0.1) is 19.8 Å². The first-order chi connectivity index (χ1) is 16.2. The Morgan fingerprint density at radius 1 is 1.03 bits per heavy atom. The van der Waals surface area contributed by atoms with Crippen molar-refractivity contribution < 1.29 is 33.4 Å². The Balaban J connectivity index is 1.55. The van der Waals surface area contributed by atoms with Gasteiger partial charge in [-0.1, -0.05) is 12.1 Å². The molecule has 1 aliphatic heterocycles. The monoisotopic (exact) mass is 469 g/mol. The normalized spacial score (nSPS) is 15.0. The topological polar surface area (TPSA) is 123 Å². The molecule has 0 radical (unpaired) electrons. The molecular weight excluding hydrogens is 442 g/mol. The van der Waals surface area contributed by atoms with E-state index in [0.717, 1.165) is 16.1 Å². The van der Waals surface area contributed by atoms with Gasteiger partial charge in [0.25, 0.3) is 11.8 Å². The van der Waals surface area contributed by atoms with Gasteiger partial charge in [0.1, 0.15) is 17.1 Å². The number of carbonyl (C=O) groups is 4. The summed E-state index contributed by atoms with van der Waals surface area (Å²) in [5.41, 5.74) is 5.19. The predicted molar refractivity (Wildman–Crippen MR) is 122 cm³/mol. The molecule has 1 saturated heterocycles. The maximum Gasteiger partial charge on any atom is 0.311 e. The smallest absolute Gasteiger partial charge is 0.311 e. The van der Waals surface area contributed by atoms with Gasteiger partial charge in [0, 0.05) is 12.1 Å². The van der Waals surface area contributed by atoms with E-state index in [1.807, 2.05) is 19.9 Å². The lowest BCUT2D eigenvalue weighted by Gasteiger charge is -2.19. The summed E-state index contributed by atoms with van der Waals surface area (Å²) in [5.74, 6) is -2.54. The average molecular weight is 469 g/mol. The molecule has 2 aromatic carbocycles. The highest BCUT2D eigenvalue weighted by molar-refractivity contribution is 6.01. The molecular formula is C24H27N3O7. The minimum atomic E-state index is -0.818. The molecule has 0 aromatic heterocycles. The second-order valence-electron chi connectivity index (χ2n) is 7.92. The molecule has 0 spiro atoms. The first-order valence-corrected chi connectivity index (χ1v) is 10.6. The Labute approximate surface area is 197 Å². The van der Waals surface area contributed by atoms with Crippen molar-refractivity contribution in [2.75, 3.05) is 32.7 Å². The molecule has 2 aromatic rings. The number of hydrogen-bond donors (Lipinski definition) is 2. The van der Waals surface area contributed by atoms with Crippen LogP contribution in [0.25, 0.3) is 0 Å². The van der Waals surface area contributed by atoms with Crippen LogP contribution >= 0.6 is 0 Å². The third-order valence-electron chi connectivity index (χ3n) is 5.20. The van der Waals surface area contributed by atoms with E-state index in [9.17, 15) is 19.2 Å². The summed E-state index contributed by atoms with van der Waals surface area (Å²) in [6.45, 7) is 3.25. The van der Waals surface area contributed by atoms with Gasteiger partial charge in [-0.25, -0.2) is 0 Å². The highest BCUT2D eigenvalue weighted by Gasteiger charge is 2.37. The molecule has 1 heterocycles. The van der Waals surface area contributed by atoms with Crippen molar-refractivity contribution in [1.82, 2.24) is 10.4 Å². The number of esters is 1. The Hall–Kier alpha value is -4.08. The maximum atomic E-state index is 12.8. The fourth-order valence-corrected chi connectivity index (χ4v) is 3.73. The van der Waals surface area contributed by atoms with Gasteiger partial charge in [-0.3, -0.25) is 29.6 Å². The molecule has 0 aliphatic carbocycles. The van der Waals surface area contributed by atoms with E-state index in [1.54, 1.807) is 30.3 Å². The maximum absolute atomic E-state index is 12.8. The zero-order valence-electron chi connectivity index (χ0n) is 19.5. The number of nitrogens with zero attached hydrogens (tertiary/aromatic N) is 1. The van der Waals surface area contributed by atoms with Gasteiger partial charge in [0.15, 0.2) is 6.61 Å². The van der Waals surface area contributed by atoms with E-state index in [1.165, 1.54) is 14.2 Å². The summed E-state index contributed by atoms with van der Waals surface area (Å²) in [5, 5.41) is 3.73.